The first kappa shape index (κ1) is 12.2. The number of anilines is 2. The first-order chi connectivity index (χ1) is 10.3. The van der Waals surface area contributed by atoms with Crippen molar-refractivity contribution in [2.24, 2.45) is 0 Å². The molecule has 0 saturated heterocycles. The number of benzene rings is 2. The number of fused-ring (bicyclic) bond motifs is 2. The molecule has 4 aromatic rings. The Balaban J connectivity index is 1.79. The van der Waals surface area contributed by atoms with Crippen LogP contribution in [-0.2, 0) is 0 Å². The molecular weight excluding hydrogens is 285 g/mol. The van der Waals surface area contributed by atoms with E-state index in [0.29, 0.717) is 5.52 Å². The zero-order valence-electron chi connectivity index (χ0n) is 10.9. The average molecular weight is 295 g/mol. The molecule has 0 bridgehead atoms. The van der Waals surface area contributed by atoms with E-state index < -0.39 is 0 Å². The molecule has 2 aromatic heterocycles. The van der Waals surface area contributed by atoms with E-state index in [1.165, 1.54) is 23.5 Å². The molecule has 0 radical (unpaired) electrons. The minimum absolute atomic E-state index is 0.270. The highest BCUT2D eigenvalue weighted by atomic mass is 32.1. The fourth-order valence-corrected chi connectivity index (χ4v) is 3.14. The topological polar surface area (TPSA) is 37.8 Å². The van der Waals surface area contributed by atoms with Gasteiger partial charge < -0.3 is 5.32 Å². The second-order valence-corrected chi connectivity index (χ2v) is 5.66. The Hall–Kier alpha value is -2.53. The Morgan fingerprint density at radius 3 is 2.90 bits per heavy atom. The van der Waals surface area contributed by atoms with Gasteiger partial charge in [-0.25, -0.2) is 9.37 Å². The van der Waals surface area contributed by atoms with Crippen molar-refractivity contribution in [1.82, 2.24) is 9.97 Å². The molecule has 4 rings (SSSR count). The Bertz CT molecular complexity index is 943. The molecule has 5 heteroatoms. The maximum atomic E-state index is 13.2. The second kappa shape index (κ2) is 4.79. The molecule has 1 N–H and O–H groups in total. The van der Waals surface area contributed by atoms with E-state index in [4.69, 9.17) is 0 Å². The van der Waals surface area contributed by atoms with Gasteiger partial charge in [0.25, 0.3) is 0 Å². The number of halogens is 1. The minimum Gasteiger partial charge on any atom is -0.331 e. The highest BCUT2D eigenvalue weighted by Crippen LogP contribution is 2.31. The van der Waals surface area contributed by atoms with Crippen LogP contribution in [0.3, 0.4) is 0 Å². The normalized spacial score (nSPS) is 11.1. The quantitative estimate of drug-likeness (QED) is 0.581. The van der Waals surface area contributed by atoms with Crippen molar-refractivity contribution in [2.75, 3.05) is 5.32 Å². The molecule has 0 spiro atoms. The first-order valence-corrected chi connectivity index (χ1v) is 7.28. The smallest absolute Gasteiger partial charge is 0.188 e. The zero-order chi connectivity index (χ0) is 14.2. The number of hydrogen-bond donors (Lipinski definition) is 1. The van der Waals surface area contributed by atoms with Crippen LogP contribution in [0, 0.1) is 5.82 Å². The number of nitrogens with zero attached hydrogens (tertiary/aromatic N) is 2. The summed E-state index contributed by atoms with van der Waals surface area (Å²) in [6.07, 6.45) is 1.77. The van der Waals surface area contributed by atoms with Crippen LogP contribution in [0.2, 0.25) is 0 Å². The van der Waals surface area contributed by atoms with Gasteiger partial charge in [-0.2, -0.15) is 0 Å². The summed E-state index contributed by atoms with van der Waals surface area (Å²) in [5, 5.41) is 5.08. The Kier molecular flexibility index (Phi) is 2.79. The van der Waals surface area contributed by atoms with Crippen molar-refractivity contribution in [3.8, 4) is 0 Å². The van der Waals surface area contributed by atoms with E-state index in [2.05, 4.69) is 15.3 Å². The lowest BCUT2D eigenvalue weighted by atomic mass is 10.2. The van der Waals surface area contributed by atoms with Gasteiger partial charge in [-0.1, -0.05) is 17.4 Å². The van der Waals surface area contributed by atoms with Crippen molar-refractivity contribution in [3.05, 3.63) is 60.5 Å². The van der Waals surface area contributed by atoms with Crippen LogP contribution in [0.25, 0.3) is 21.1 Å². The molecule has 0 aliphatic rings. The molecule has 0 aliphatic carbocycles. The van der Waals surface area contributed by atoms with Crippen molar-refractivity contribution < 1.29 is 4.39 Å². The van der Waals surface area contributed by atoms with E-state index in [-0.39, 0.29) is 5.82 Å². The van der Waals surface area contributed by atoms with Gasteiger partial charge in [0.15, 0.2) is 5.13 Å². The SMILES string of the molecule is Fc1ccc2sc(Nc3cccc4ncccc34)nc2c1. The summed E-state index contributed by atoms with van der Waals surface area (Å²) >= 11 is 1.50. The van der Waals surface area contributed by atoms with Crippen molar-refractivity contribution in [2.45, 2.75) is 0 Å². The standard InChI is InChI=1S/C16H10FN3S/c17-10-6-7-15-14(9-10)20-16(21-15)19-13-5-1-4-12-11(13)3-2-8-18-12/h1-9H,(H,19,20). The zero-order valence-corrected chi connectivity index (χ0v) is 11.7. The van der Waals surface area contributed by atoms with Crippen LogP contribution >= 0.6 is 11.3 Å². The molecule has 0 aliphatic heterocycles. The third-order valence-corrected chi connectivity index (χ3v) is 4.19. The Labute approximate surface area is 124 Å². The van der Waals surface area contributed by atoms with Gasteiger partial charge >= 0.3 is 0 Å². The predicted octanol–water partition coefficient (Wildman–Crippen LogP) is 4.73. The van der Waals surface area contributed by atoms with E-state index in [9.17, 15) is 4.39 Å². The summed E-state index contributed by atoms with van der Waals surface area (Å²) in [5.74, 6) is -0.270. The molecule has 3 nitrogen and oxygen atoms in total. The van der Waals surface area contributed by atoms with Crippen LogP contribution < -0.4 is 5.32 Å². The summed E-state index contributed by atoms with van der Waals surface area (Å²) in [6, 6.07) is 14.5. The second-order valence-electron chi connectivity index (χ2n) is 4.63. The van der Waals surface area contributed by atoms with Crippen LogP contribution in [0.4, 0.5) is 15.2 Å². The maximum absolute atomic E-state index is 13.2. The van der Waals surface area contributed by atoms with Crippen LogP contribution in [-0.4, -0.2) is 9.97 Å². The Morgan fingerprint density at radius 2 is 1.95 bits per heavy atom. The van der Waals surface area contributed by atoms with Crippen LogP contribution in [0.15, 0.2) is 54.7 Å². The number of rotatable bonds is 2. The predicted molar refractivity (Wildman–Crippen MR) is 84.6 cm³/mol. The maximum Gasteiger partial charge on any atom is 0.188 e. The third-order valence-electron chi connectivity index (χ3n) is 3.24. The molecular formula is C16H10FN3S. The largest absolute Gasteiger partial charge is 0.331 e. The highest BCUT2D eigenvalue weighted by molar-refractivity contribution is 7.22. The molecule has 0 fully saturated rings. The lowest BCUT2D eigenvalue weighted by Gasteiger charge is -2.06. The van der Waals surface area contributed by atoms with Gasteiger partial charge in [0.2, 0.25) is 0 Å². The van der Waals surface area contributed by atoms with E-state index >= 15 is 0 Å². The number of thiazole rings is 1. The molecule has 21 heavy (non-hydrogen) atoms. The van der Waals surface area contributed by atoms with Crippen LogP contribution in [0.1, 0.15) is 0 Å². The van der Waals surface area contributed by atoms with E-state index in [0.717, 1.165) is 26.4 Å². The van der Waals surface area contributed by atoms with Gasteiger partial charge in [0.1, 0.15) is 5.82 Å². The van der Waals surface area contributed by atoms with E-state index in [1.807, 2.05) is 30.3 Å². The molecule has 0 amide bonds. The fourth-order valence-electron chi connectivity index (χ4n) is 2.28. The van der Waals surface area contributed by atoms with Crippen LogP contribution in [0.5, 0.6) is 0 Å². The van der Waals surface area contributed by atoms with Gasteiger partial charge in [0.05, 0.1) is 15.7 Å². The van der Waals surface area contributed by atoms with Gasteiger partial charge in [0, 0.05) is 23.3 Å². The Morgan fingerprint density at radius 1 is 1.00 bits per heavy atom. The average Bonchev–Trinajstić information content (AvgIpc) is 2.89. The summed E-state index contributed by atoms with van der Waals surface area (Å²) in [5.41, 5.74) is 2.54. The molecule has 0 saturated carbocycles. The lowest BCUT2D eigenvalue weighted by molar-refractivity contribution is 0.629. The third kappa shape index (κ3) is 2.21. The van der Waals surface area contributed by atoms with Gasteiger partial charge in [-0.3, -0.25) is 4.98 Å². The van der Waals surface area contributed by atoms with Crippen molar-refractivity contribution in [1.29, 1.82) is 0 Å². The summed E-state index contributed by atoms with van der Waals surface area (Å²) in [7, 11) is 0. The molecule has 0 atom stereocenters. The summed E-state index contributed by atoms with van der Waals surface area (Å²) < 4.78 is 14.2. The minimum atomic E-state index is -0.270. The van der Waals surface area contributed by atoms with Gasteiger partial charge in [-0.05, 0) is 36.4 Å². The highest BCUT2D eigenvalue weighted by Gasteiger charge is 2.07. The first-order valence-electron chi connectivity index (χ1n) is 6.46. The number of nitrogens with one attached hydrogen (secondary N) is 1. The van der Waals surface area contributed by atoms with Gasteiger partial charge in [-0.15, -0.1) is 0 Å². The molecule has 0 unspecified atom stereocenters. The summed E-state index contributed by atoms with van der Waals surface area (Å²) in [6.45, 7) is 0. The monoisotopic (exact) mass is 295 g/mol. The molecule has 2 aromatic carbocycles. The fraction of sp³-hybridized carbons (Fsp3) is 0. The summed E-state index contributed by atoms with van der Waals surface area (Å²) in [4.78, 5) is 8.75. The molecule has 2 heterocycles. The lowest BCUT2D eigenvalue weighted by Crippen LogP contribution is -1.91. The number of pyridine rings is 1. The van der Waals surface area contributed by atoms with E-state index in [1.54, 1.807) is 12.3 Å². The number of hydrogen-bond acceptors (Lipinski definition) is 4. The van der Waals surface area contributed by atoms with Crippen molar-refractivity contribution in [3.63, 3.8) is 0 Å². The number of aromatic nitrogens is 2. The van der Waals surface area contributed by atoms with Crippen molar-refractivity contribution >= 4 is 43.3 Å². The molecule has 102 valence electrons.